The zero-order chi connectivity index (χ0) is 9.26. The van der Waals surface area contributed by atoms with E-state index in [1.165, 1.54) is 6.20 Å². The van der Waals surface area contributed by atoms with E-state index in [1.54, 1.807) is 6.92 Å². The molecule has 2 rings (SSSR count). The lowest BCUT2D eigenvalue weighted by Crippen LogP contribution is -2.48. The molecule has 0 spiro atoms. The minimum atomic E-state index is 0.0325. The van der Waals surface area contributed by atoms with Crippen molar-refractivity contribution in [2.75, 3.05) is 18.4 Å². The molecule has 2 N–H and O–H groups in total. The van der Waals surface area contributed by atoms with Crippen LogP contribution in [0.25, 0.3) is 0 Å². The van der Waals surface area contributed by atoms with Crippen LogP contribution in [0.2, 0.25) is 0 Å². The number of hydrogen-bond acceptors (Lipinski definition) is 4. The van der Waals surface area contributed by atoms with Gasteiger partial charge >= 0.3 is 0 Å². The first-order chi connectivity index (χ1) is 6.27. The van der Waals surface area contributed by atoms with Crippen LogP contribution in [-0.4, -0.2) is 24.2 Å². The largest absolute Gasteiger partial charge is 0.359 e. The van der Waals surface area contributed by atoms with Crippen molar-refractivity contribution < 1.29 is 9.32 Å². The summed E-state index contributed by atoms with van der Waals surface area (Å²) < 4.78 is 4.82. The van der Waals surface area contributed by atoms with Crippen molar-refractivity contribution in [3.05, 3.63) is 12.0 Å². The fourth-order valence-electron chi connectivity index (χ4n) is 1.13. The van der Waals surface area contributed by atoms with Gasteiger partial charge in [-0.05, 0) is 6.92 Å². The summed E-state index contributed by atoms with van der Waals surface area (Å²) >= 11 is 0. The maximum Gasteiger partial charge on any atom is 0.230 e. The molecule has 5 heteroatoms. The fraction of sp³-hybridized carbons (Fsp3) is 0.500. The average molecular weight is 181 g/mol. The van der Waals surface area contributed by atoms with E-state index >= 15 is 0 Å². The second-order valence-corrected chi connectivity index (χ2v) is 3.14. The van der Waals surface area contributed by atoms with Crippen LogP contribution >= 0.6 is 0 Å². The van der Waals surface area contributed by atoms with Crippen molar-refractivity contribution in [1.29, 1.82) is 0 Å². The molecule has 1 amide bonds. The van der Waals surface area contributed by atoms with Crippen LogP contribution in [0, 0.1) is 12.8 Å². The number of nitrogens with zero attached hydrogens (tertiary/aromatic N) is 1. The Kier molecular flexibility index (Phi) is 2.02. The Bertz CT molecular complexity index is 317. The second-order valence-electron chi connectivity index (χ2n) is 3.14. The van der Waals surface area contributed by atoms with E-state index < -0.39 is 0 Å². The molecule has 0 unspecified atom stereocenters. The normalized spacial score (nSPS) is 16.7. The third kappa shape index (κ3) is 1.55. The van der Waals surface area contributed by atoms with Gasteiger partial charge in [0.05, 0.1) is 12.1 Å². The highest BCUT2D eigenvalue weighted by molar-refractivity contribution is 5.93. The predicted octanol–water partition coefficient (Wildman–Crippen LogP) is 0.141. The summed E-state index contributed by atoms with van der Waals surface area (Å²) in [5, 5.41) is 9.37. The highest BCUT2D eigenvalue weighted by Crippen LogP contribution is 2.14. The van der Waals surface area contributed by atoms with E-state index in [-0.39, 0.29) is 11.8 Å². The lowest BCUT2D eigenvalue weighted by molar-refractivity contribution is -0.121. The van der Waals surface area contributed by atoms with Crippen LogP contribution in [0.1, 0.15) is 5.76 Å². The third-order valence-corrected chi connectivity index (χ3v) is 2.16. The molecule has 0 bridgehead atoms. The van der Waals surface area contributed by atoms with Gasteiger partial charge in [-0.25, -0.2) is 0 Å². The van der Waals surface area contributed by atoms with Gasteiger partial charge in [0, 0.05) is 13.1 Å². The number of nitrogens with one attached hydrogen (secondary N) is 2. The molecule has 0 aliphatic carbocycles. The van der Waals surface area contributed by atoms with Crippen LogP contribution in [-0.2, 0) is 4.79 Å². The Morgan fingerprint density at radius 1 is 1.77 bits per heavy atom. The molecule has 0 radical (unpaired) electrons. The van der Waals surface area contributed by atoms with Gasteiger partial charge in [0.25, 0.3) is 0 Å². The second kappa shape index (κ2) is 3.18. The Morgan fingerprint density at radius 2 is 2.54 bits per heavy atom. The Hall–Kier alpha value is -1.36. The number of carbonyl (C=O) groups is 1. The Balaban J connectivity index is 1.97. The fourth-order valence-corrected chi connectivity index (χ4v) is 1.13. The number of carbonyl (C=O) groups excluding carboxylic acids is 1. The van der Waals surface area contributed by atoms with Crippen molar-refractivity contribution in [3.63, 3.8) is 0 Å². The molecule has 0 saturated carbocycles. The van der Waals surface area contributed by atoms with E-state index in [0.29, 0.717) is 11.4 Å². The van der Waals surface area contributed by atoms with Crippen molar-refractivity contribution in [3.8, 4) is 0 Å². The lowest BCUT2D eigenvalue weighted by Gasteiger charge is -2.25. The van der Waals surface area contributed by atoms with Gasteiger partial charge in [-0.15, -0.1) is 0 Å². The quantitative estimate of drug-likeness (QED) is 0.681. The molecule has 1 aromatic heterocycles. The zero-order valence-electron chi connectivity index (χ0n) is 7.33. The SMILES string of the molecule is Cc1oncc1NC(=O)C1CNC1. The molecule has 0 atom stereocenters. The van der Waals surface area contributed by atoms with Gasteiger partial charge in [0.15, 0.2) is 5.76 Å². The number of hydrogen-bond donors (Lipinski definition) is 2. The van der Waals surface area contributed by atoms with E-state index in [4.69, 9.17) is 4.52 Å². The first kappa shape index (κ1) is 8.25. The van der Waals surface area contributed by atoms with Crippen molar-refractivity contribution in [2.24, 2.45) is 5.92 Å². The molecule has 0 aromatic carbocycles. The summed E-state index contributed by atoms with van der Waals surface area (Å²) in [6.07, 6.45) is 1.51. The smallest absolute Gasteiger partial charge is 0.230 e. The molecule has 1 aromatic rings. The van der Waals surface area contributed by atoms with Gasteiger partial charge in [0.2, 0.25) is 5.91 Å². The van der Waals surface area contributed by atoms with Crippen LogP contribution < -0.4 is 10.6 Å². The summed E-state index contributed by atoms with van der Waals surface area (Å²) in [7, 11) is 0. The lowest BCUT2D eigenvalue weighted by atomic mass is 10.0. The number of amides is 1. The molecule has 5 nitrogen and oxygen atoms in total. The van der Waals surface area contributed by atoms with Crippen LogP contribution in [0.3, 0.4) is 0 Å². The van der Waals surface area contributed by atoms with Crippen molar-refractivity contribution in [2.45, 2.75) is 6.92 Å². The number of aromatic nitrogens is 1. The highest BCUT2D eigenvalue weighted by atomic mass is 16.5. The molecular formula is C8H11N3O2. The van der Waals surface area contributed by atoms with Crippen LogP contribution in [0.5, 0.6) is 0 Å². The molecule has 1 aliphatic heterocycles. The first-order valence-corrected chi connectivity index (χ1v) is 4.20. The monoisotopic (exact) mass is 181 g/mol. The average Bonchev–Trinajstić information content (AvgIpc) is 2.32. The Morgan fingerprint density at radius 3 is 3.00 bits per heavy atom. The van der Waals surface area contributed by atoms with Gasteiger partial charge in [0.1, 0.15) is 5.69 Å². The van der Waals surface area contributed by atoms with Gasteiger partial charge in [-0.2, -0.15) is 0 Å². The molecule has 2 heterocycles. The van der Waals surface area contributed by atoms with Gasteiger partial charge in [-0.3, -0.25) is 4.79 Å². The van der Waals surface area contributed by atoms with E-state index in [9.17, 15) is 4.79 Å². The number of rotatable bonds is 2. The minimum Gasteiger partial charge on any atom is -0.359 e. The maximum absolute atomic E-state index is 11.4. The summed E-state index contributed by atoms with van der Waals surface area (Å²) in [6, 6.07) is 0. The summed E-state index contributed by atoms with van der Waals surface area (Å²) in [5.41, 5.74) is 0.664. The van der Waals surface area contributed by atoms with Crippen molar-refractivity contribution in [1.82, 2.24) is 10.5 Å². The Labute approximate surface area is 75.5 Å². The van der Waals surface area contributed by atoms with Gasteiger partial charge < -0.3 is 15.2 Å². The van der Waals surface area contributed by atoms with E-state index in [0.717, 1.165) is 13.1 Å². The minimum absolute atomic E-state index is 0.0325. The zero-order valence-corrected chi connectivity index (χ0v) is 7.33. The summed E-state index contributed by atoms with van der Waals surface area (Å²) in [4.78, 5) is 11.4. The molecule has 13 heavy (non-hydrogen) atoms. The predicted molar refractivity (Wildman–Crippen MR) is 46.2 cm³/mol. The molecule has 1 fully saturated rings. The van der Waals surface area contributed by atoms with E-state index in [2.05, 4.69) is 15.8 Å². The molecule has 1 aliphatic rings. The summed E-state index contributed by atoms with van der Waals surface area (Å²) in [5.74, 6) is 0.764. The number of anilines is 1. The standard InChI is InChI=1S/C8H11N3O2/c1-5-7(4-10-13-5)11-8(12)6-2-9-3-6/h4,6,9H,2-3H2,1H3,(H,11,12). The van der Waals surface area contributed by atoms with E-state index in [1.807, 2.05) is 0 Å². The maximum atomic E-state index is 11.4. The van der Waals surface area contributed by atoms with Crippen LogP contribution in [0.15, 0.2) is 10.7 Å². The first-order valence-electron chi connectivity index (χ1n) is 4.20. The molecule has 1 saturated heterocycles. The van der Waals surface area contributed by atoms with Gasteiger partial charge in [-0.1, -0.05) is 5.16 Å². The van der Waals surface area contributed by atoms with Crippen molar-refractivity contribution >= 4 is 11.6 Å². The highest BCUT2D eigenvalue weighted by Gasteiger charge is 2.25. The van der Waals surface area contributed by atoms with Crippen LogP contribution in [0.4, 0.5) is 5.69 Å². The summed E-state index contributed by atoms with van der Waals surface area (Å²) in [6.45, 7) is 3.29. The third-order valence-electron chi connectivity index (χ3n) is 2.16. The number of aryl methyl sites for hydroxylation is 1. The molecule has 70 valence electrons. The topological polar surface area (TPSA) is 67.2 Å². The molecular weight excluding hydrogens is 170 g/mol.